The Morgan fingerprint density at radius 3 is 1.17 bits per heavy atom. The lowest BCUT2D eigenvalue weighted by Crippen LogP contribution is -2.15. The van der Waals surface area contributed by atoms with Gasteiger partial charge in [-0.25, -0.2) is 15.0 Å². The average Bonchev–Trinajstić information content (AvgIpc) is 3.88. The quantitative estimate of drug-likeness (QED) is 0.176. The summed E-state index contributed by atoms with van der Waals surface area (Å²) in [5.41, 5.74) is 15.0. The maximum absolute atomic E-state index is 4.99. The fourth-order valence-corrected chi connectivity index (χ4v) is 9.49. The largest absolute Gasteiger partial charge is 0.309 e. The van der Waals surface area contributed by atoms with E-state index >= 15 is 0 Å². The topological polar surface area (TPSA) is 48.5 Å². The number of hydrogen-bond acceptors (Lipinski definition) is 3. The number of benzene rings is 8. The highest BCUT2D eigenvalue weighted by molar-refractivity contribution is 6.14. The van der Waals surface area contributed by atoms with Gasteiger partial charge >= 0.3 is 0 Å². The smallest absolute Gasteiger partial charge is 0.164 e. The van der Waals surface area contributed by atoms with Gasteiger partial charge in [0.15, 0.2) is 17.5 Å². The molecule has 59 heavy (non-hydrogen) atoms. The number of rotatable bonds is 5. The molecule has 0 aliphatic heterocycles. The highest BCUT2D eigenvalue weighted by Crippen LogP contribution is 2.53. The van der Waals surface area contributed by atoms with Crippen molar-refractivity contribution < 1.29 is 0 Å². The number of nitrogens with zero attached hydrogens (tertiary/aromatic N) is 5. The van der Waals surface area contributed by atoms with E-state index in [0.717, 1.165) is 22.4 Å². The van der Waals surface area contributed by atoms with Crippen molar-refractivity contribution in [2.45, 2.75) is 19.3 Å². The van der Waals surface area contributed by atoms with Crippen LogP contribution in [-0.4, -0.2) is 24.1 Å². The number of para-hydroxylation sites is 3. The van der Waals surface area contributed by atoms with E-state index < -0.39 is 0 Å². The van der Waals surface area contributed by atoms with Gasteiger partial charge in [0.05, 0.1) is 22.1 Å². The van der Waals surface area contributed by atoms with Crippen LogP contribution in [-0.2, 0) is 5.41 Å². The predicted molar refractivity (Wildman–Crippen MR) is 242 cm³/mol. The second-order valence-corrected chi connectivity index (χ2v) is 16.1. The van der Waals surface area contributed by atoms with Crippen LogP contribution in [0, 0.1) is 0 Å². The van der Waals surface area contributed by atoms with Crippen molar-refractivity contribution >= 4 is 43.6 Å². The van der Waals surface area contributed by atoms with Crippen molar-refractivity contribution in [2.24, 2.45) is 0 Å². The minimum atomic E-state index is -0.220. The molecule has 0 fully saturated rings. The first-order chi connectivity index (χ1) is 29.0. The van der Waals surface area contributed by atoms with Crippen molar-refractivity contribution in [3.05, 3.63) is 199 Å². The molecule has 3 heterocycles. The molecule has 0 saturated heterocycles. The van der Waals surface area contributed by atoms with E-state index in [1.54, 1.807) is 0 Å². The highest BCUT2D eigenvalue weighted by Gasteiger charge is 2.37. The Bertz CT molecular complexity index is 3380. The summed E-state index contributed by atoms with van der Waals surface area (Å²) >= 11 is 0. The van der Waals surface area contributed by atoms with Crippen LogP contribution in [0.25, 0.3) is 100 Å². The summed E-state index contributed by atoms with van der Waals surface area (Å²) in [7, 11) is 0. The monoisotopic (exact) mass is 755 g/mol. The third kappa shape index (κ3) is 5.08. The number of hydrogen-bond donors (Lipinski definition) is 0. The van der Waals surface area contributed by atoms with Crippen LogP contribution in [0.15, 0.2) is 188 Å². The predicted octanol–water partition coefficient (Wildman–Crippen LogP) is 13.4. The van der Waals surface area contributed by atoms with E-state index in [4.69, 9.17) is 15.0 Å². The van der Waals surface area contributed by atoms with E-state index in [0.29, 0.717) is 17.5 Å². The Morgan fingerprint density at radius 1 is 0.339 bits per heavy atom. The first kappa shape index (κ1) is 33.5. The van der Waals surface area contributed by atoms with Crippen LogP contribution < -0.4 is 0 Å². The lowest BCUT2D eigenvalue weighted by atomic mass is 9.82. The van der Waals surface area contributed by atoms with Gasteiger partial charge in [0.2, 0.25) is 0 Å². The summed E-state index contributed by atoms with van der Waals surface area (Å²) in [6.45, 7) is 4.77. The van der Waals surface area contributed by atoms with Gasteiger partial charge in [-0.1, -0.05) is 129 Å². The molecule has 0 atom stereocenters. The standard InChI is InChI=1S/C54H37N5/c1-54(2)45-32-49-43(39-22-12-14-24-47(39)58(49)37-20-10-5-11-21-37)30-41(45)42-31-44-40-23-13-15-25-48(40)59(50(44)33-46(42)54)38-28-26-36(27-29-38)53-56-51(34-16-6-3-7-17-34)55-52(57-53)35-18-8-4-9-19-35/h3-33H,1-2H3. The molecule has 5 heteroatoms. The first-order valence-electron chi connectivity index (χ1n) is 20.2. The lowest BCUT2D eigenvalue weighted by molar-refractivity contribution is 0.661. The second kappa shape index (κ2) is 12.7. The molecule has 0 unspecified atom stereocenters. The zero-order valence-electron chi connectivity index (χ0n) is 32.6. The van der Waals surface area contributed by atoms with Crippen LogP contribution in [0.4, 0.5) is 0 Å². The molecule has 1 aliphatic carbocycles. The molecule has 0 N–H and O–H groups in total. The maximum atomic E-state index is 4.99. The Labute approximate surface area is 341 Å². The molecule has 0 amide bonds. The molecule has 278 valence electrons. The summed E-state index contributed by atoms with van der Waals surface area (Å²) in [4.78, 5) is 14.9. The van der Waals surface area contributed by atoms with Crippen molar-refractivity contribution in [2.75, 3.05) is 0 Å². The molecular weight excluding hydrogens is 719 g/mol. The van der Waals surface area contributed by atoms with E-state index in [1.807, 2.05) is 60.7 Å². The Hall–Kier alpha value is -7.63. The van der Waals surface area contributed by atoms with Crippen LogP contribution in [0.5, 0.6) is 0 Å². The summed E-state index contributed by atoms with van der Waals surface area (Å²) < 4.78 is 4.84. The van der Waals surface area contributed by atoms with E-state index in [-0.39, 0.29) is 5.41 Å². The van der Waals surface area contributed by atoms with Gasteiger partial charge in [0.1, 0.15) is 0 Å². The molecule has 0 radical (unpaired) electrons. The van der Waals surface area contributed by atoms with Crippen LogP contribution >= 0.6 is 0 Å². The summed E-state index contributed by atoms with van der Waals surface area (Å²) in [5.74, 6) is 1.95. The van der Waals surface area contributed by atoms with Crippen LogP contribution in [0.3, 0.4) is 0 Å². The molecule has 5 nitrogen and oxygen atoms in total. The fraction of sp³-hybridized carbons (Fsp3) is 0.0556. The van der Waals surface area contributed by atoms with Gasteiger partial charge in [0.25, 0.3) is 0 Å². The summed E-state index contributed by atoms with van der Waals surface area (Å²) in [5, 5.41) is 5.03. The first-order valence-corrected chi connectivity index (χ1v) is 20.2. The average molecular weight is 756 g/mol. The second-order valence-electron chi connectivity index (χ2n) is 16.1. The summed E-state index contributed by atoms with van der Waals surface area (Å²) in [6, 6.07) is 67.1. The molecule has 12 rings (SSSR count). The van der Waals surface area contributed by atoms with Crippen LogP contribution in [0.1, 0.15) is 25.0 Å². The molecule has 8 aromatic carbocycles. The molecular formula is C54H37N5. The van der Waals surface area contributed by atoms with Crippen LogP contribution in [0.2, 0.25) is 0 Å². The van der Waals surface area contributed by atoms with Gasteiger partial charge in [-0.15, -0.1) is 0 Å². The van der Waals surface area contributed by atoms with Gasteiger partial charge < -0.3 is 9.13 Å². The molecule has 11 aromatic rings. The van der Waals surface area contributed by atoms with E-state index in [9.17, 15) is 0 Å². The van der Waals surface area contributed by atoms with Gasteiger partial charge in [-0.2, -0.15) is 0 Å². The van der Waals surface area contributed by atoms with Crippen molar-refractivity contribution in [1.29, 1.82) is 0 Å². The Morgan fingerprint density at radius 2 is 0.712 bits per heavy atom. The maximum Gasteiger partial charge on any atom is 0.164 e. The molecule has 1 aliphatic rings. The van der Waals surface area contributed by atoms with Gasteiger partial charge in [-0.05, 0) is 95.1 Å². The third-order valence-electron chi connectivity index (χ3n) is 12.4. The zero-order valence-corrected chi connectivity index (χ0v) is 32.6. The lowest BCUT2D eigenvalue weighted by Gasteiger charge is -2.22. The molecule has 3 aromatic heterocycles. The Kier molecular flexibility index (Phi) is 7.20. The van der Waals surface area contributed by atoms with Crippen molar-refractivity contribution in [1.82, 2.24) is 24.1 Å². The minimum absolute atomic E-state index is 0.220. The van der Waals surface area contributed by atoms with Crippen molar-refractivity contribution in [3.8, 4) is 56.7 Å². The normalized spacial score (nSPS) is 13.1. The number of fused-ring (bicyclic) bond motifs is 9. The van der Waals surface area contributed by atoms with Gasteiger partial charge in [0, 0.05) is 55.0 Å². The highest BCUT2D eigenvalue weighted by atomic mass is 15.0. The van der Waals surface area contributed by atoms with E-state index in [1.165, 1.54) is 71.6 Å². The van der Waals surface area contributed by atoms with E-state index in [2.05, 4.69) is 150 Å². The molecule has 0 saturated carbocycles. The zero-order chi connectivity index (χ0) is 39.2. The van der Waals surface area contributed by atoms with Gasteiger partial charge in [-0.3, -0.25) is 0 Å². The Balaban J connectivity index is 1.02. The molecule has 0 spiro atoms. The minimum Gasteiger partial charge on any atom is -0.309 e. The molecule has 0 bridgehead atoms. The summed E-state index contributed by atoms with van der Waals surface area (Å²) in [6.07, 6.45) is 0. The number of aromatic nitrogens is 5. The SMILES string of the molecule is CC1(C)c2cc3c(cc2-c2cc4c5ccccc5n(-c5ccc(-c6nc(-c7ccccc7)nc(-c7ccccc7)n6)cc5)c4cc21)c1ccccc1n3-c1ccccc1. The third-order valence-corrected chi connectivity index (χ3v) is 12.4. The van der Waals surface area contributed by atoms with Crippen molar-refractivity contribution in [3.63, 3.8) is 0 Å². The fourth-order valence-electron chi connectivity index (χ4n) is 9.49.